The molecule has 2 aliphatic rings. The molecule has 5 heteroatoms. The number of rotatable bonds is 5. The Morgan fingerprint density at radius 2 is 1.75 bits per heavy atom. The van der Waals surface area contributed by atoms with Crippen LogP contribution in [0.1, 0.15) is 34.7 Å². The maximum Gasteiger partial charge on any atom is 0.252 e. The van der Waals surface area contributed by atoms with Gasteiger partial charge in [-0.1, -0.05) is 66.7 Å². The lowest BCUT2D eigenvalue weighted by Gasteiger charge is -2.39. The first kappa shape index (κ1) is 20.9. The molecule has 3 aromatic carbocycles. The van der Waals surface area contributed by atoms with E-state index in [4.69, 9.17) is 4.74 Å². The zero-order valence-corrected chi connectivity index (χ0v) is 17.9. The molecule has 1 N–H and O–H groups in total. The van der Waals surface area contributed by atoms with Crippen LogP contribution in [0.4, 0.5) is 4.39 Å². The van der Waals surface area contributed by atoms with E-state index >= 15 is 0 Å². The van der Waals surface area contributed by atoms with Gasteiger partial charge in [-0.25, -0.2) is 4.39 Å². The molecule has 1 saturated heterocycles. The Morgan fingerprint density at radius 3 is 2.56 bits per heavy atom. The molecule has 5 rings (SSSR count). The fourth-order valence-electron chi connectivity index (χ4n) is 4.79. The largest absolute Gasteiger partial charge is 0.367 e. The van der Waals surface area contributed by atoms with Gasteiger partial charge in [-0.3, -0.25) is 4.79 Å². The number of nitrogens with one attached hydrogen (secondary N) is 1. The fraction of sp³-hybridized carbons (Fsp3) is 0.296. The highest BCUT2D eigenvalue weighted by molar-refractivity contribution is 5.82. The monoisotopic (exact) mass is 430 g/mol. The number of hydrogen-bond donors (Lipinski definition) is 1. The Hall–Kier alpha value is -3.02. The summed E-state index contributed by atoms with van der Waals surface area (Å²) >= 11 is 0. The molecule has 4 nitrogen and oxygen atoms in total. The highest BCUT2D eigenvalue weighted by Crippen LogP contribution is 2.36. The molecule has 2 aliphatic heterocycles. The third kappa shape index (κ3) is 4.31. The van der Waals surface area contributed by atoms with E-state index < -0.39 is 6.10 Å². The normalized spacial score (nSPS) is 22.5. The minimum atomic E-state index is -0.462. The number of benzene rings is 3. The van der Waals surface area contributed by atoms with Gasteiger partial charge < -0.3 is 15.0 Å². The fourth-order valence-corrected chi connectivity index (χ4v) is 4.79. The number of ether oxygens (including phenoxy) is 1. The van der Waals surface area contributed by atoms with Crippen molar-refractivity contribution in [3.05, 3.63) is 107 Å². The molecule has 0 saturated carbocycles. The smallest absolute Gasteiger partial charge is 0.252 e. The van der Waals surface area contributed by atoms with Gasteiger partial charge in [0, 0.05) is 25.6 Å². The van der Waals surface area contributed by atoms with E-state index in [1.807, 2.05) is 35.2 Å². The van der Waals surface area contributed by atoms with E-state index in [1.54, 1.807) is 12.1 Å². The molecular formula is C27H27FN2O2. The van der Waals surface area contributed by atoms with Crippen molar-refractivity contribution in [1.29, 1.82) is 0 Å². The van der Waals surface area contributed by atoms with Crippen LogP contribution >= 0.6 is 0 Å². The molecule has 3 aromatic rings. The first-order chi connectivity index (χ1) is 15.7. The molecule has 1 amide bonds. The molecule has 1 unspecified atom stereocenters. The Balaban J connectivity index is 1.32. The first-order valence-electron chi connectivity index (χ1n) is 11.2. The summed E-state index contributed by atoms with van der Waals surface area (Å²) in [7, 11) is 0. The minimum Gasteiger partial charge on any atom is -0.367 e. The topological polar surface area (TPSA) is 41.6 Å². The van der Waals surface area contributed by atoms with Crippen molar-refractivity contribution in [2.45, 2.75) is 37.6 Å². The number of amides is 1. The number of halogens is 1. The molecule has 32 heavy (non-hydrogen) atoms. The SMILES string of the molecule is O=C([C@H]1CC(NCc2ccccc2)CO1)N1CCc2ccccc2[C@@H]1c1ccc(F)cc1. The van der Waals surface area contributed by atoms with Crippen LogP contribution in [-0.2, 0) is 22.5 Å². The second kappa shape index (κ2) is 9.23. The summed E-state index contributed by atoms with van der Waals surface area (Å²) < 4.78 is 19.5. The minimum absolute atomic E-state index is 0.0119. The van der Waals surface area contributed by atoms with Crippen LogP contribution in [-0.4, -0.2) is 36.1 Å². The van der Waals surface area contributed by atoms with Crippen LogP contribution < -0.4 is 5.32 Å². The Bertz CT molecular complexity index is 1070. The van der Waals surface area contributed by atoms with Gasteiger partial charge in [0.25, 0.3) is 5.91 Å². The average molecular weight is 431 g/mol. The second-order valence-corrected chi connectivity index (χ2v) is 8.56. The number of carbonyl (C=O) groups is 1. The molecule has 164 valence electrons. The third-order valence-corrected chi connectivity index (χ3v) is 6.46. The van der Waals surface area contributed by atoms with Gasteiger partial charge in [0.1, 0.15) is 11.9 Å². The van der Waals surface area contributed by atoms with Gasteiger partial charge in [0.15, 0.2) is 0 Å². The van der Waals surface area contributed by atoms with Gasteiger partial charge in [-0.15, -0.1) is 0 Å². The van der Waals surface area contributed by atoms with E-state index in [1.165, 1.54) is 23.3 Å². The summed E-state index contributed by atoms with van der Waals surface area (Å²) in [4.78, 5) is 15.5. The predicted molar refractivity (Wildman–Crippen MR) is 122 cm³/mol. The summed E-state index contributed by atoms with van der Waals surface area (Å²) in [5.74, 6) is -0.264. The van der Waals surface area contributed by atoms with Crippen LogP contribution in [0.15, 0.2) is 78.9 Å². The Labute approximate surface area is 188 Å². The van der Waals surface area contributed by atoms with E-state index in [9.17, 15) is 9.18 Å². The number of hydrogen-bond acceptors (Lipinski definition) is 3. The van der Waals surface area contributed by atoms with Crippen molar-refractivity contribution in [3.8, 4) is 0 Å². The van der Waals surface area contributed by atoms with E-state index in [-0.39, 0.29) is 23.8 Å². The van der Waals surface area contributed by atoms with Crippen molar-refractivity contribution in [1.82, 2.24) is 10.2 Å². The summed E-state index contributed by atoms with van der Waals surface area (Å²) in [5, 5.41) is 3.51. The maximum absolute atomic E-state index is 13.6. The molecule has 0 radical (unpaired) electrons. The lowest BCUT2D eigenvalue weighted by Crippen LogP contribution is -2.45. The van der Waals surface area contributed by atoms with Crippen molar-refractivity contribution in [2.24, 2.45) is 0 Å². The van der Waals surface area contributed by atoms with Crippen molar-refractivity contribution in [2.75, 3.05) is 13.2 Å². The lowest BCUT2D eigenvalue weighted by atomic mass is 9.87. The number of fused-ring (bicyclic) bond motifs is 1. The van der Waals surface area contributed by atoms with Crippen LogP contribution in [0, 0.1) is 5.82 Å². The Morgan fingerprint density at radius 1 is 1.00 bits per heavy atom. The van der Waals surface area contributed by atoms with Crippen LogP contribution in [0.25, 0.3) is 0 Å². The van der Waals surface area contributed by atoms with Crippen LogP contribution in [0.3, 0.4) is 0 Å². The summed E-state index contributed by atoms with van der Waals surface area (Å²) in [6, 6.07) is 24.8. The molecular weight excluding hydrogens is 403 g/mol. The quantitative estimate of drug-likeness (QED) is 0.658. The highest BCUT2D eigenvalue weighted by Gasteiger charge is 2.39. The molecule has 0 bridgehead atoms. The number of carbonyl (C=O) groups excluding carboxylic acids is 1. The molecule has 0 spiro atoms. The molecule has 0 aromatic heterocycles. The second-order valence-electron chi connectivity index (χ2n) is 8.56. The lowest BCUT2D eigenvalue weighted by molar-refractivity contribution is -0.143. The zero-order valence-electron chi connectivity index (χ0n) is 17.9. The average Bonchev–Trinajstić information content (AvgIpc) is 3.32. The van der Waals surface area contributed by atoms with Gasteiger partial charge in [0.2, 0.25) is 0 Å². The van der Waals surface area contributed by atoms with Gasteiger partial charge in [-0.05, 0) is 40.8 Å². The zero-order chi connectivity index (χ0) is 21.9. The first-order valence-corrected chi connectivity index (χ1v) is 11.2. The molecule has 0 aliphatic carbocycles. The standard InChI is InChI=1S/C27H27FN2O2/c28-22-12-10-21(11-13-22)26-24-9-5-4-8-20(24)14-15-30(26)27(31)25-16-23(18-32-25)29-17-19-6-2-1-3-7-19/h1-13,23,25-26,29H,14-18H2/t23?,25-,26+/m1/s1. The molecule has 3 atom stereocenters. The van der Waals surface area contributed by atoms with Crippen molar-refractivity contribution in [3.63, 3.8) is 0 Å². The van der Waals surface area contributed by atoms with E-state index in [0.29, 0.717) is 19.6 Å². The van der Waals surface area contributed by atoms with Gasteiger partial charge >= 0.3 is 0 Å². The summed E-state index contributed by atoms with van der Waals surface area (Å²) in [5.41, 5.74) is 4.48. The van der Waals surface area contributed by atoms with Crippen molar-refractivity contribution >= 4 is 5.91 Å². The van der Waals surface area contributed by atoms with Crippen molar-refractivity contribution < 1.29 is 13.9 Å². The molecule has 1 fully saturated rings. The van der Waals surface area contributed by atoms with E-state index in [0.717, 1.165) is 24.1 Å². The summed E-state index contributed by atoms with van der Waals surface area (Å²) in [6.07, 6.45) is 0.999. The highest BCUT2D eigenvalue weighted by atomic mass is 19.1. The Kier molecular flexibility index (Phi) is 6.02. The van der Waals surface area contributed by atoms with Crippen LogP contribution in [0.2, 0.25) is 0 Å². The van der Waals surface area contributed by atoms with Gasteiger partial charge in [0.05, 0.1) is 12.6 Å². The number of nitrogens with zero attached hydrogens (tertiary/aromatic N) is 1. The summed E-state index contributed by atoms with van der Waals surface area (Å²) in [6.45, 7) is 1.90. The van der Waals surface area contributed by atoms with Gasteiger partial charge in [-0.2, -0.15) is 0 Å². The van der Waals surface area contributed by atoms with Crippen LogP contribution in [0.5, 0.6) is 0 Å². The maximum atomic E-state index is 13.6. The molecule has 2 heterocycles. The predicted octanol–water partition coefficient (Wildman–Crippen LogP) is 4.25. The third-order valence-electron chi connectivity index (χ3n) is 6.46. The van der Waals surface area contributed by atoms with E-state index in [2.05, 4.69) is 29.6 Å².